The van der Waals surface area contributed by atoms with E-state index in [0.717, 1.165) is 5.56 Å². The van der Waals surface area contributed by atoms with E-state index in [0.29, 0.717) is 29.2 Å². The van der Waals surface area contributed by atoms with Crippen LogP contribution in [-0.2, 0) is 11.2 Å². The van der Waals surface area contributed by atoms with Gasteiger partial charge in [-0.05, 0) is 18.2 Å². The van der Waals surface area contributed by atoms with E-state index in [9.17, 15) is 4.79 Å². The minimum atomic E-state index is -0.137. The quantitative estimate of drug-likeness (QED) is 0.828. The lowest BCUT2D eigenvalue weighted by Crippen LogP contribution is -2.13. The number of anilines is 1. The molecule has 20 heavy (non-hydrogen) atoms. The molecule has 0 atom stereocenters. The van der Waals surface area contributed by atoms with Crippen molar-refractivity contribution >= 4 is 23.5 Å². The number of H-pyrrole nitrogens is 1. The highest BCUT2D eigenvalue weighted by atomic mass is 32.2. The zero-order valence-corrected chi connectivity index (χ0v) is 11.8. The molecule has 0 bridgehead atoms. The van der Waals surface area contributed by atoms with Crippen LogP contribution in [0.2, 0.25) is 0 Å². The zero-order chi connectivity index (χ0) is 14.4. The Labute approximate surface area is 121 Å². The van der Waals surface area contributed by atoms with Crippen molar-refractivity contribution in [2.75, 3.05) is 11.6 Å². The molecule has 5 nitrogen and oxygen atoms in total. The minimum Gasteiger partial charge on any atom is -0.310 e. The lowest BCUT2D eigenvalue weighted by molar-refractivity contribution is -0.116. The fraction of sp³-hybridized carbons (Fsp3) is 0.214. The van der Waals surface area contributed by atoms with Crippen LogP contribution >= 0.6 is 11.8 Å². The van der Waals surface area contributed by atoms with Crippen LogP contribution in [0.1, 0.15) is 17.5 Å². The number of carbonyl (C=O) groups is 1. The van der Waals surface area contributed by atoms with Crippen molar-refractivity contribution < 1.29 is 4.79 Å². The van der Waals surface area contributed by atoms with Gasteiger partial charge in [0, 0.05) is 6.42 Å². The maximum atomic E-state index is 11.9. The van der Waals surface area contributed by atoms with Crippen molar-refractivity contribution in [3.05, 3.63) is 41.5 Å². The predicted octanol–water partition coefficient (Wildman–Crippen LogP) is 2.57. The van der Waals surface area contributed by atoms with Gasteiger partial charge in [0.15, 0.2) is 0 Å². The van der Waals surface area contributed by atoms with Gasteiger partial charge in [0.25, 0.3) is 0 Å². The summed E-state index contributed by atoms with van der Waals surface area (Å²) in [4.78, 5) is 11.9. The Bertz CT molecular complexity index is 630. The van der Waals surface area contributed by atoms with Gasteiger partial charge in [0.2, 0.25) is 5.91 Å². The molecule has 1 aromatic heterocycles. The number of nitrogens with one attached hydrogen (secondary N) is 2. The molecule has 2 rings (SSSR count). The first kappa shape index (κ1) is 14.2. The molecule has 0 unspecified atom stereocenters. The third kappa shape index (κ3) is 3.39. The van der Waals surface area contributed by atoms with Crippen molar-refractivity contribution in [2.24, 2.45) is 0 Å². The average molecular weight is 286 g/mol. The highest BCUT2D eigenvalue weighted by molar-refractivity contribution is 7.98. The van der Waals surface area contributed by atoms with Crippen LogP contribution < -0.4 is 5.32 Å². The number of aromatic amines is 1. The molecule has 0 radical (unpaired) electrons. The van der Waals surface area contributed by atoms with E-state index in [1.807, 2.05) is 42.7 Å². The Balaban J connectivity index is 1.95. The van der Waals surface area contributed by atoms with Crippen LogP contribution in [0.25, 0.3) is 0 Å². The number of nitriles is 1. The summed E-state index contributed by atoms with van der Waals surface area (Å²) in [7, 11) is 0. The van der Waals surface area contributed by atoms with E-state index in [2.05, 4.69) is 15.5 Å². The number of aromatic nitrogens is 2. The number of aryl methyl sites for hydroxylation is 1. The largest absolute Gasteiger partial charge is 0.310 e. The van der Waals surface area contributed by atoms with Gasteiger partial charge in [-0.1, -0.05) is 30.3 Å². The van der Waals surface area contributed by atoms with Gasteiger partial charge in [-0.25, -0.2) is 0 Å². The maximum Gasteiger partial charge on any atom is 0.225 e. The van der Waals surface area contributed by atoms with E-state index >= 15 is 0 Å². The summed E-state index contributed by atoms with van der Waals surface area (Å²) in [6.45, 7) is 0. The molecular formula is C14H14N4OS. The van der Waals surface area contributed by atoms with Crippen LogP contribution in [-0.4, -0.2) is 22.4 Å². The summed E-state index contributed by atoms with van der Waals surface area (Å²) in [6, 6.07) is 11.8. The summed E-state index contributed by atoms with van der Waals surface area (Å²) in [5.41, 5.74) is 1.49. The first-order chi connectivity index (χ1) is 9.74. The van der Waals surface area contributed by atoms with Crippen molar-refractivity contribution in [3.8, 4) is 6.07 Å². The third-order valence-electron chi connectivity index (χ3n) is 2.79. The van der Waals surface area contributed by atoms with Crippen molar-refractivity contribution in [2.45, 2.75) is 17.9 Å². The number of thioether (sulfide) groups is 1. The number of hydrogen-bond donors (Lipinski definition) is 2. The number of carbonyl (C=O) groups excluding carboxylic acids is 1. The van der Waals surface area contributed by atoms with Gasteiger partial charge in [0.05, 0.1) is 0 Å². The highest BCUT2D eigenvalue weighted by Gasteiger charge is 2.14. The molecule has 1 amide bonds. The summed E-state index contributed by atoms with van der Waals surface area (Å²) in [5.74, 6) is 0.233. The maximum absolute atomic E-state index is 11.9. The zero-order valence-electron chi connectivity index (χ0n) is 11.0. The molecule has 2 aromatic rings. The average Bonchev–Trinajstić information content (AvgIpc) is 2.88. The monoisotopic (exact) mass is 286 g/mol. The standard InChI is InChI=1S/C14H14N4OS/c1-20-14-11(9-15)13(17-18-14)16-12(19)8-7-10-5-3-2-4-6-10/h2-6H,7-8H2,1H3,(H2,16,17,18,19). The summed E-state index contributed by atoms with van der Waals surface area (Å²) < 4.78 is 0. The topological polar surface area (TPSA) is 81.6 Å². The molecule has 1 aromatic carbocycles. The van der Waals surface area contributed by atoms with Gasteiger partial charge < -0.3 is 5.32 Å². The van der Waals surface area contributed by atoms with Gasteiger partial charge >= 0.3 is 0 Å². The normalized spacial score (nSPS) is 10.0. The van der Waals surface area contributed by atoms with E-state index in [1.54, 1.807) is 0 Å². The lowest BCUT2D eigenvalue weighted by Gasteiger charge is -2.03. The molecule has 0 aliphatic carbocycles. The van der Waals surface area contributed by atoms with E-state index in [-0.39, 0.29) is 5.91 Å². The Hall–Kier alpha value is -2.26. The number of rotatable bonds is 5. The van der Waals surface area contributed by atoms with Crippen molar-refractivity contribution in [3.63, 3.8) is 0 Å². The number of amides is 1. The Morgan fingerprint density at radius 2 is 2.20 bits per heavy atom. The molecule has 102 valence electrons. The molecule has 0 saturated heterocycles. The summed E-state index contributed by atoms with van der Waals surface area (Å²) in [6.07, 6.45) is 2.86. The second-order valence-electron chi connectivity index (χ2n) is 4.13. The van der Waals surface area contributed by atoms with E-state index in [4.69, 9.17) is 5.26 Å². The molecule has 0 aliphatic heterocycles. The number of benzene rings is 1. The molecule has 0 fully saturated rings. The van der Waals surface area contributed by atoms with Gasteiger partial charge in [-0.2, -0.15) is 10.4 Å². The smallest absolute Gasteiger partial charge is 0.225 e. The Kier molecular flexibility index (Phi) is 4.80. The third-order valence-corrected chi connectivity index (χ3v) is 3.47. The number of nitrogens with zero attached hydrogens (tertiary/aromatic N) is 2. The fourth-order valence-corrected chi connectivity index (χ4v) is 2.26. The highest BCUT2D eigenvalue weighted by Crippen LogP contribution is 2.23. The summed E-state index contributed by atoms with van der Waals surface area (Å²) >= 11 is 1.36. The SMILES string of the molecule is CSc1n[nH]c(NC(=O)CCc2ccccc2)c1C#N. The molecule has 1 heterocycles. The minimum absolute atomic E-state index is 0.137. The van der Waals surface area contributed by atoms with Crippen LogP contribution in [0.5, 0.6) is 0 Å². The van der Waals surface area contributed by atoms with Gasteiger partial charge in [-0.3, -0.25) is 9.89 Å². The molecule has 2 N–H and O–H groups in total. The fourth-order valence-electron chi connectivity index (χ4n) is 1.77. The van der Waals surface area contributed by atoms with Gasteiger partial charge in [0.1, 0.15) is 22.5 Å². The lowest BCUT2D eigenvalue weighted by atomic mass is 10.1. The Morgan fingerprint density at radius 1 is 1.45 bits per heavy atom. The second-order valence-corrected chi connectivity index (χ2v) is 4.92. The first-order valence-corrected chi connectivity index (χ1v) is 7.33. The summed E-state index contributed by atoms with van der Waals surface area (Å²) in [5, 5.41) is 19.0. The van der Waals surface area contributed by atoms with Crippen LogP contribution in [0.4, 0.5) is 5.82 Å². The van der Waals surface area contributed by atoms with Crippen LogP contribution in [0.15, 0.2) is 35.4 Å². The second kappa shape index (κ2) is 6.78. The Morgan fingerprint density at radius 3 is 2.85 bits per heavy atom. The van der Waals surface area contributed by atoms with Gasteiger partial charge in [-0.15, -0.1) is 11.8 Å². The van der Waals surface area contributed by atoms with Crippen molar-refractivity contribution in [1.29, 1.82) is 5.26 Å². The molecular weight excluding hydrogens is 272 g/mol. The van der Waals surface area contributed by atoms with E-state index < -0.39 is 0 Å². The first-order valence-electron chi connectivity index (χ1n) is 6.11. The van der Waals surface area contributed by atoms with Crippen LogP contribution in [0.3, 0.4) is 0 Å². The molecule has 0 saturated carbocycles. The number of hydrogen-bond acceptors (Lipinski definition) is 4. The van der Waals surface area contributed by atoms with Crippen molar-refractivity contribution in [1.82, 2.24) is 10.2 Å². The van der Waals surface area contributed by atoms with E-state index in [1.165, 1.54) is 11.8 Å². The predicted molar refractivity (Wildman–Crippen MR) is 78.5 cm³/mol. The van der Waals surface area contributed by atoms with Crippen LogP contribution in [0, 0.1) is 11.3 Å². The molecule has 0 spiro atoms. The molecule has 0 aliphatic rings. The molecule has 6 heteroatoms.